The van der Waals surface area contributed by atoms with E-state index in [0.29, 0.717) is 16.7 Å². The van der Waals surface area contributed by atoms with E-state index in [1.165, 1.54) is 30.3 Å². The first-order valence-corrected chi connectivity index (χ1v) is 6.72. The quantitative estimate of drug-likeness (QED) is 0.646. The number of carbonyl (C=O) groups is 1. The third-order valence-corrected chi connectivity index (χ3v) is 3.20. The monoisotopic (exact) mass is 311 g/mol. The van der Waals surface area contributed by atoms with Crippen LogP contribution >= 0.6 is 0 Å². The van der Waals surface area contributed by atoms with E-state index < -0.39 is 16.9 Å². The average Bonchev–Trinajstić information content (AvgIpc) is 2.59. The summed E-state index contributed by atoms with van der Waals surface area (Å²) in [6.07, 6.45) is -0.987. The minimum atomic E-state index is -0.987. The molecule has 0 aliphatic rings. The van der Waals surface area contributed by atoms with E-state index in [9.17, 15) is 20.0 Å². The van der Waals surface area contributed by atoms with Gasteiger partial charge in [-0.05, 0) is 35.9 Å². The molecule has 0 radical (unpaired) electrons. The number of nitrogens with zero attached hydrogens (tertiary/aromatic N) is 2. The van der Waals surface area contributed by atoms with Crippen LogP contribution in [-0.4, -0.2) is 22.5 Å². The largest absolute Gasteiger partial charge is 0.387 e. The summed E-state index contributed by atoms with van der Waals surface area (Å²) >= 11 is 0. The molecule has 1 atom stereocenters. The number of nitro groups is 1. The number of nitro benzene ring substituents is 1. The van der Waals surface area contributed by atoms with Crippen molar-refractivity contribution < 1.29 is 14.8 Å². The number of rotatable bonds is 5. The normalized spacial score (nSPS) is 11.3. The number of nitriles is 1. The molecular formula is C16H13N3O4. The zero-order valence-electron chi connectivity index (χ0n) is 12.0. The molecule has 0 spiro atoms. The molecule has 0 bridgehead atoms. The topological polar surface area (TPSA) is 116 Å². The predicted molar refractivity (Wildman–Crippen MR) is 81.5 cm³/mol. The predicted octanol–water partition coefficient (Wildman–Crippen LogP) is 1.93. The van der Waals surface area contributed by atoms with Crippen molar-refractivity contribution in [2.45, 2.75) is 6.10 Å². The first kappa shape index (κ1) is 16.1. The number of amides is 1. The van der Waals surface area contributed by atoms with Gasteiger partial charge in [-0.2, -0.15) is 5.26 Å². The third kappa shape index (κ3) is 4.12. The van der Waals surface area contributed by atoms with Gasteiger partial charge in [0, 0.05) is 24.2 Å². The number of hydrogen-bond acceptors (Lipinski definition) is 5. The summed E-state index contributed by atoms with van der Waals surface area (Å²) in [6.45, 7) is -0.0482. The fraction of sp³-hybridized carbons (Fsp3) is 0.125. The summed E-state index contributed by atoms with van der Waals surface area (Å²) in [5, 5.41) is 31.9. The third-order valence-electron chi connectivity index (χ3n) is 3.20. The molecule has 2 aromatic rings. The Hall–Kier alpha value is -3.24. The summed E-state index contributed by atoms with van der Waals surface area (Å²) in [6, 6.07) is 13.6. The van der Waals surface area contributed by atoms with Crippen LogP contribution in [0.25, 0.3) is 0 Å². The molecule has 0 saturated heterocycles. The molecule has 7 nitrogen and oxygen atoms in total. The highest BCUT2D eigenvalue weighted by molar-refractivity contribution is 5.94. The van der Waals surface area contributed by atoms with Gasteiger partial charge in [-0.15, -0.1) is 0 Å². The van der Waals surface area contributed by atoms with Crippen LogP contribution in [0.2, 0.25) is 0 Å². The van der Waals surface area contributed by atoms with E-state index in [1.54, 1.807) is 18.2 Å². The molecule has 23 heavy (non-hydrogen) atoms. The zero-order valence-corrected chi connectivity index (χ0v) is 12.0. The Balaban J connectivity index is 1.98. The number of nitrogens with one attached hydrogen (secondary N) is 1. The fourth-order valence-corrected chi connectivity index (χ4v) is 1.96. The number of carbonyl (C=O) groups excluding carboxylic acids is 1. The van der Waals surface area contributed by atoms with Crippen LogP contribution in [0.4, 0.5) is 5.69 Å². The summed E-state index contributed by atoms with van der Waals surface area (Å²) in [7, 11) is 0. The number of non-ortho nitro benzene ring substituents is 1. The van der Waals surface area contributed by atoms with Gasteiger partial charge in [0.05, 0.1) is 22.7 Å². The van der Waals surface area contributed by atoms with Crippen molar-refractivity contribution in [2.24, 2.45) is 0 Å². The molecule has 0 aromatic heterocycles. The van der Waals surface area contributed by atoms with Crippen molar-refractivity contribution in [3.05, 3.63) is 75.3 Å². The van der Waals surface area contributed by atoms with Crippen LogP contribution < -0.4 is 5.32 Å². The smallest absolute Gasteiger partial charge is 0.269 e. The lowest BCUT2D eigenvalue weighted by molar-refractivity contribution is -0.384. The fourth-order valence-electron chi connectivity index (χ4n) is 1.96. The van der Waals surface area contributed by atoms with Crippen molar-refractivity contribution >= 4 is 11.6 Å². The molecule has 1 unspecified atom stereocenters. The van der Waals surface area contributed by atoms with E-state index in [4.69, 9.17) is 5.26 Å². The van der Waals surface area contributed by atoms with Crippen molar-refractivity contribution in [2.75, 3.05) is 6.54 Å². The van der Waals surface area contributed by atoms with Crippen molar-refractivity contribution in [3.8, 4) is 6.07 Å². The SMILES string of the molecule is N#Cc1cccc(C(=O)NCC(O)c2ccc([N+](=O)[O-])cc2)c1. The Morgan fingerprint density at radius 2 is 2.00 bits per heavy atom. The highest BCUT2D eigenvalue weighted by atomic mass is 16.6. The second kappa shape index (κ2) is 7.15. The van der Waals surface area contributed by atoms with Gasteiger partial charge in [0.2, 0.25) is 0 Å². The average molecular weight is 311 g/mol. The summed E-state index contributed by atoms with van der Waals surface area (Å²) < 4.78 is 0. The van der Waals surface area contributed by atoms with Crippen LogP contribution in [0.15, 0.2) is 48.5 Å². The second-order valence-electron chi connectivity index (χ2n) is 4.77. The van der Waals surface area contributed by atoms with Crippen molar-refractivity contribution in [1.82, 2.24) is 5.32 Å². The molecule has 0 aliphatic carbocycles. The Bertz CT molecular complexity index is 766. The van der Waals surface area contributed by atoms with Crippen LogP contribution in [0, 0.1) is 21.4 Å². The van der Waals surface area contributed by atoms with E-state index in [1.807, 2.05) is 6.07 Å². The molecule has 0 fully saturated rings. The summed E-state index contributed by atoms with van der Waals surface area (Å²) in [5.41, 5.74) is 1.08. The maximum Gasteiger partial charge on any atom is 0.269 e. The van der Waals surface area contributed by atoms with E-state index in [2.05, 4.69) is 5.32 Å². The van der Waals surface area contributed by atoms with E-state index >= 15 is 0 Å². The number of aliphatic hydroxyl groups excluding tert-OH is 1. The lowest BCUT2D eigenvalue weighted by Crippen LogP contribution is -2.28. The second-order valence-corrected chi connectivity index (χ2v) is 4.77. The first-order valence-electron chi connectivity index (χ1n) is 6.72. The van der Waals surface area contributed by atoms with Crippen LogP contribution in [0.1, 0.15) is 27.6 Å². The van der Waals surface area contributed by atoms with Crippen molar-refractivity contribution in [3.63, 3.8) is 0 Å². The lowest BCUT2D eigenvalue weighted by atomic mass is 10.1. The standard InChI is InChI=1S/C16H13N3O4/c17-9-11-2-1-3-13(8-11)16(21)18-10-15(20)12-4-6-14(7-5-12)19(22)23/h1-8,15,20H,10H2,(H,18,21). The zero-order chi connectivity index (χ0) is 16.8. The van der Waals surface area contributed by atoms with Gasteiger partial charge in [-0.25, -0.2) is 0 Å². The molecule has 2 aromatic carbocycles. The summed E-state index contributed by atoms with van der Waals surface area (Å²) in [5.74, 6) is -0.414. The van der Waals surface area contributed by atoms with Gasteiger partial charge >= 0.3 is 0 Å². The van der Waals surface area contributed by atoms with Gasteiger partial charge in [0.25, 0.3) is 11.6 Å². The Kier molecular flexibility index (Phi) is 5.02. The highest BCUT2D eigenvalue weighted by Gasteiger charge is 2.13. The van der Waals surface area contributed by atoms with Gasteiger partial charge in [0.15, 0.2) is 0 Å². The molecule has 0 saturated carbocycles. The molecule has 0 aliphatic heterocycles. The molecule has 2 rings (SSSR count). The molecular weight excluding hydrogens is 298 g/mol. The number of aliphatic hydroxyl groups is 1. The Labute approximate surface area is 131 Å². The highest BCUT2D eigenvalue weighted by Crippen LogP contribution is 2.17. The maximum absolute atomic E-state index is 12.0. The van der Waals surface area contributed by atoms with Gasteiger partial charge in [0.1, 0.15) is 0 Å². The van der Waals surface area contributed by atoms with Crippen LogP contribution in [0.5, 0.6) is 0 Å². The van der Waals surface area contributed by atoms with Gasteiger partial charge in [-0.3, -0.25) is 14.9 Å². The van der Waals surface area contributed by atoms with Crippen LogP contribution in [0.3, 0.4) is 0 Å². The maximum atomic E-state index is 12.0. The Morgan fingerprint density at radius 1 is 1.30 bits per heavy atom. The minimum Gasteiger partial charge on any atom is -0.387 e. The van der Waals surface area contributed by atoms with Gasteiger partial charge < -0.3 is 10.4 Å². The number of benzene rings is 2. The lowest BCUT2D eigenvalue weighted by Gasteiger charge is -2.12. The summed E-state index contributed by atoms with van der Waals surface area (Å²) in [4.78, 5) is 22.0. The molecule has 0 heterocycles. The van der Waals surface area contributed by atoms with Crippen molar-refractivity contribution in [1.29, 1.82) is 5.26 Å². The van der Waals surface area contributed by atoms with E-state index in [-0.39, 0.29) is 12.2 Å². The Morgan fingerprint density at radius 3 is 2.61 bits per heavy atom. The van der Waals surface area contributed by atoms with Crippen LogP contribution in [-0.2, 0) is 0 Å². The first-order chi connectivity index (χ1) is 11.0. The molecule has 2 N–H and O–H groups in total. The molecule has 116 valence electrons. The molecule has 7 heteroatoms. The minimum absolute atomic E-state index is 0.0482. The van der Waals surface area contributed by atoms with E-state index in [0.717, 1.165) is 0 Å². The molecule has 1 amide bonds. The van der Waals surface area contributed by atoms with Gasteiger partial charge in [-0.1, -0.05) is 6.07 Å². The number of hydrogen-bond donors (Lipinski definition) is 2.